The third-order valence-corrected chi connectivity index (χ3v) is 4.79. The minimum absolute atomic E-state index is 0.165. The van der Waals surface area contributed by atoms with Crippen LogP contribution in [0, 0.1) is 0 Å². The van der Waals surface area contributed by atoms with Crippen molar-refractivity contribution in [2.45, 2.75) is 43.6 Å². The summed E-state index contributed by atoms with van der Waals surface area (Å²) in [4.78, 5) is 11.6. The molecule has 1 saturated carbocycles. The summed E-state index contributed by atoms with van der Waals surface area (Å²) in [6.45, 7) is 2.75. The van der Waals surface area contributed by atoms with E-state index in [1.807, 2.05) is 6.07 Å². The molecule has 0 aromatic carbocycles. The third-order valence-electron chi connectivity index (χ3n) is 4.60. The van der Waals surface area contributed by atoms with Gasteiger partial charge in [-0.25, -0.2) is 9.97 Å². The maximum absolute atomic E-state index is 6.19. The number of anilines is 1. The largest absolute Gasteiger partial charge is 0.379 e. The van der Waals surface area contributed by atoms with Gasteiger partial charge in [-0.1, -0.05) is 11.6 Å². The molecule has 102 valence electrons. The molecule has 2 aliphatic heterocycles. The lowest BCUT2D eigenvalue weighted by Gasteiger charge is -2.34. The maximum Gasteiger partial charge on any atom is 0.135 e. The molecule has 0 N–H and O–H groups in total. The Morgan fingerprint density at radius 2 is 2.21 bits per heavy atom. The second-order valence-corrected chi connectivity index (χ2v) is 6.35. The monoisotopic (exact) mass is 279 g/mol. The lowest BCUT2D eigenvalue weighted by molar-refractivity contribution is 0.178. The first-order valence-corrected chi connectivity index (χ1v) is 7.55. The Labute approximate surface area is 118 Å². The first kappa shape index (κ1) is 11.9. The summed E-state index contributed by atoms with van der Waals surface area (Å²) in [7, 11) is 0. The van der Waals surface area contributed by atoms with Crippen LogP contribution in [-0.4, -0.2) is 35.3 Å². The summed E-state index contributed by atoms with van der Waals surface area (Å²) in [5.74, 6) is 2.48. The van der Waals surface area contributed by atoms with Crippen molar-refractivity contribution >= 4 is 17.4 Å². The Morgan fingerprint density at radius 3 is 2.95 bits per heavy atom. The van der Waals surface area contributed by atoms with Crippen LogP contribution in [-0.2, 0) is 4.74 Å². The number of nitrogens with zero attached hydrogens (tertiary/aromatic N) is 3. The molecule has 1 aromatic heterocycles. The van der Waals surface area contributed by atoms with E-state index in [0.29, 0.717) is 11.1 Å². The van der Waals surface area contributed by atoms with Crippen molar-refractivity contribution in [1.82, 2.24) is 9.97 Å². The summed E-state index contributed by atoms with van der Waals surface area (Å²) in [5, 5.41) is 0.577. The molecule has 1 atom stereocenters. The fraction of sp³-hybridized carbons (Fsp3) is 0.714. The molecule has 0 radical (unpaired) electrons. The Kier molecular flexibility index (Phi) is 2.71. The Hall–Kier alpha value is -0.870. The zero-order chi connectivity index (χ0) is 12.9. The number of halogens is 1. The zero-order valence-electron chi connectivity index (χ0n) is 10.9. The standard InChI is InChI=1S/C14H18ClN3O/c15-11-8-12(17-13(16-11)10-2-3-10)18-6-1-4-14(18)5-7-19-9-14/h8,10H,1-7,9H2. The first-order chi connectivity index (χ1) is 9.27. The SMILES string of the molecule is Clc1cc(N2CCCC23CCOC3)nc(C2CC2)n1. The summed E-state index contributed by atoms with van der Waals surface area (Å²) >= 11 is 6.19. The second-order valence-electron chi connectivity index (χ2n) is 5.96. The number of rotatable bonds is 2. The van der Waals surface area contributed by atoms with Crippen LogP contribution in [0.1, 0.15) is 43.8 Å². The van der Waals surface area contributed by atoms with Gasteiger partial charge >= 0.3 is 0 Å². The number of aromatic nitrogens is 2. The summed E-state index contributed by atoms with van der Waals surface area (Å²) < 4.78 is 5.64. The summed E-state index contributed by atoms with van der Waals surface area (Å²) in [6, 6.07) is 1.92. The predicted octanol–water partition coefficient (Wildman–Crippen LogP) is 2.77. The van der Waals surface area contributed by atoms with E-state index in [0.717, 1.165) is 37.8 Å². The van der Waals surface area contributed by atoms with Crippen molar-refractivity contribution in [2.24, 2.45) is 0 Å². The highest BCUT2D eigenvalue weighted by Gasteiger charge is 2.45. The fourth-order valence-electron chi connectivity index (χ4n) is 3.39. The Bertz CT molecular complexity index is 492. The van der Waals surface area contributed by atoms with Gasteiger partial charge in [0.15, 0.2) is 0 Å². The van der Waals surface area contributed by atoms with Gasteiger partial charge in [0.2, 0.25) is 0 Å². The molecule has 3 aliphatic rings. The quantitative estimate of drug-likeness (QED) is 0.780. The van der Waals surface area contributed by atoms with Crippen LogP contribution >= 0.6 is 11.6 Å². The molecular formula is C14H18ClN3O. The van der Waals surface area contributed by atoms with Crippen LogP contribution in [0.25, 0.3) is 0 Å². The molecular weight excluding hydrogens is 262 g/mol. The Balaban J connectivity index is 1.71. The van der Waals surface area contributed by atoms with Gasteiger partial charge in [0, 0.05) is 25.1 Å². The van der Waals surface area contributed by atoms with Gasteiger partial charge in [-0.2, -0.15) is 0 Å². The van der Waals surface area contributed by atoms with Crippen molar-refractivity contribution in [1.29, 1.82) is 0 Å². The van der Waals surface area contributed by atoms with Gasteiger partial charge in [0.05, 0.1) is 12.1 Å². The normalized spacial score (nSPS) is 30.5. The smallest absolute Gasteiger partial charge is 0.135 e. The van der Waals surface area contributed by atoms with Gasteiger partial charge in [-0.15, -0.1) is 0 Å². The lowest BCUT2D eigenvalue weighted by Crippen LogP contribution is -2.45. The summed E-state index contributed by atoms with van der Waals surface area (Å²) in [6.07, 6.45) is 5.92. The van der Waals surface area contributed by atoms with E-state index in [1.165, 1.54) is 25.7 Å². The van der Waals surface area contributed by atoms with Crippen molar-refractivity contribution in [3.05, 3.63) is 17.0 Å². The van der Waals surface area contributed by atoms with Crippen LogP contribution < -0.4 is 4.90 Å². The van der Waals surface area contributed by atoms with E-state index in [4.69, 9.17) is 21.3 Å². The van der Waals surface area contributed by atoms with Gasteiger partial charge in [0.1, 0.15) is 16.8 Å². The highest BCUT2D eigenvalue weighted by atomic mass is 35.5. The summed E-state index contributed by atoms with van der Waals surface area (Å²) in [5.41, 5.74) is 0.165. The fourth-order valence-corrected chi connectivity index (χ4v) is 3.57. The number of hydrogen-bond acceptors (Lipinski definition) is 4. The molecule has 1 unspecified atom stereocenters. The molecule has 3 fully saturated rings. The zero-order valence-corrected chi connectivity index (χ0v) is 11.7. The Morgan fingerprint density at radius 1 is 1.32 bits per heavy atom. The highest BCUT2D eigenvalue weighted by molar-refractivity contribution is 6.29. The molecule has 3 heterocycles. The van der Waals surface area contributed by atoms with E-state index in [-0.39, 0.29) is 5.54 Å². The van der Waals surface area contributed by atoms with E-state index in [1.54, 1.807) is 0 Å². The minimum Gasteiger partial charge on any atom is -0.379 e. The van der Waals surface area contributed by atoms with E-state index in [2.05, 4.69) is 9.88 Å². The lowest BCUT2D eigenvalue weighted by atomic mass is 9.95. The molecule has 4 nitrogen and oxygen atoms in total. The van der Waals surface area contributed by atoms with Gasteiger partial charge in [0.25, 0.3) is 0 Å². The number of hydrogen-bond donors (Lipinski definition) is 0. The van der Waals surface area contributed by atoms with Crippen LogP contribution in [0.3, 0.4) is 0 Å². The average Bonchev–Trinajstić information content (AvgIpc) is 3.03. The highest BCUT2D eigenvalue weighted by Crippen LogP contribution is 2.42. The molecule has 0 amide bonds. The van der Waals surface area contributed by atoms with Crippen molar-refractivity contribution in [3.8, 4) is 0 Å². The molecule has 1 aromatic rings. The topological polar surface area (TPSA) is 38.2 Å². The van der Waals surface area contributed by atoms with Crippen LogP contribution in [0.4, 0.5) is 5.82 Å². The molecule has 19 heavy (non-hydrogen) atoms. The van der Waals surface area contributed by atoms with Crippen LogP contribution in [0.15, 0.2) is 6.07 Å². The van der Waals surface area contributed by atoms with Gasteiger partial charge in [-0.3, -0.25) is 0 Å². The van der Waals surface area contributed by atoms with Crippen LogP contribution in [0.2, 0.25) is 5.15 Å². The molecule has 1 spiro atoms. The maximum atomic E-state index is 6.19. The van der Waals surface area contributed by atoms with E-state index < -0.39 is 0 Å². The van der Waals surface area contributed by atoms with E-state index >= 15 is 0 Å². The molecule has 2 saturated heterocycles. The van der Waals surface area contributed by atoms with Crippen LogP contribution in [0.5, 0.6) is 0 Å². The van der Waals surface area contributed by atoms with Crippen molar-refractivity contribution in [2.75, 3.05) is 24.7 Å². The molecule has 4 rings (SSSR count). The number of ether oxygens (including phenoxy) is 1. The third kappa shape index (κ3) is 2.01. The van der Waals surface area contributed by atoms with Gasteiger partial charge in [-0.05, 0) is 32.1 Å². The second kappa shape index (κ2) is 4.32. The molecule has 5 heteroatoms. The minimum atomic E-state index is 0.165. The average molecular weight is 280 g/mol. The van der Waals surface area contributed by atoms with E-state index in [9.17, 15) is 0 Å². The van der Waals surface area contributed by atoms with Gasteiger partial charge < -0.3 is 9.64 Å². The predicted molar refractivity (Wildman–Crippen MR) is 73.8 cm³/mol. The first-order valence-electron chi connectivity index (χ1n) is 7.17. The van der Waals surface area contributed by atoms with Crippen molar-refractivity contribution < 1.29 is 4.74 Å². The molecule has 0 bridgehead atoms. The van der Waals surface area contributed by atoms with Crippen molar-refractivity contribution in [3.63, 3.8) is 0 Å². The molecule has 1 aliphatic carbocycles.